The van der Waals surface area contributed by atoms with E-state index in [0.29, 0.717) is 6.42 Å². The summed E-state index contributed by atoms with van der Waals surface area (Å²) in [5.41, 5.74) is 0.946. The molecule has 0 saturated heterocycles. The first kappa shape index (κ1) is 14.5. The first-order chi connectivity index (χ1) is 8.77. The Kier molecular flexibility index (Phi) is 6.85. The fourth-order valence-corrected chi connectivity index (χ4v) is 1.80. The first-order valence-electron chi connectivity index (χ1n) is 6.62. The molecule has 0 aromatic heterocycles. The number of ether oxygens (including phenoxy) is 1. The van der Waals surface area contributed by atoms with Gasteiger partial charge in [0.2, 0.25) is 0 Å². The van der Waals surface area contributed by atoms with Crippen LogP contribution in [0, 0.1) is 0 Å². The molecule has 2 heteroatoms. The summed E-state index contributed by atoms with van der Waals surface area (Å²) < 4.78 is 5.23. The van der Waals surface area contributed by atoms with Crippen molar-refractivity contribution in [1.29, 1.82) is 0 Å². The summed E-state index contributed by atoms with van der Waals surface area (Å²) >= 11 is 0. The van der Waals surface area contributed by atoms with Crippen LogP contribution < -0.4 is 4.74 Å². The van der Waals surface area contributed by atoms with Crippen LogP contribution in [0.25, 0.3) is 6.08 Å². The molecule has 0 unspecified atom stereocenters. The largest absolute Gasteiger partial charge is 0.496 e. The topological polar surface area (TPSA) is 26.3 Å². The number of hydrogen-bond donors (Lipinski definition) is 0. The molecule has 0 aliphatic rings. The predicted molar refractivity (Wildman–Crippen MR) is 75.8 cm³/mol. The molecule has 1 aromatic rings. The molecule has 0 bridgehead atoms. The van der Waals surface area contributed by atoms with Gasteiger partial charge in [0, 0.05) is 12.0 Å². The number of carbonyl (C=O) groups excluding carboxylic acids is 1. The van der Waals surface area contributed by atoms with Gasteiger partial charge in [-0.05, 0) is 24.6 Å². The van der Waals surface area contributed by atoms with E-state index in [0.717, 1.165) is 24.2 Å². The summed E-state index contributed by atoms with van der Waals surface area (Å²) in [7, 11) is 1.64. The molecular weight excluding hydrogens is 224 g/mol. The van der Waals surface area contributed by atoms with Crippen LogP contribution in [0.2, 0.25) is 0 Å². The van der Waals surface area contributed by atoms with Gasteiger partial charge in [0.05, 0.1) is 7.11 Å². The van der Waals surface area contributed by atoms with Crippen LogP contribution in [0.1, 0.15) is 44.6 Å². The SMILES string of the molecule is CCCCCCC(=O)C=Cc1ccccc1OC. The molecule has 0 aliphatic carbocycles. The van der Waals surface area contributed by atoms with Crippen molar-refractivity contribution in [2.24, 2.45) is 0 Å². The van der Waals surface area contributed by atoms with Crippen molar-refractivity contribution in [3.8, 4) is 5.75 Å². The van der Waals surface area contributed by atoms with Crippen LogP contribution in [0.4, 0.5) is 0 Å². The Morgan fingerprint density at radius 3 is 2.72 bits per heavy atom. The molecule has 0 atom stereocenters. The lowest BCUT2D eigenvalue weighted by molar-refractivity contribution is -0.114. The van der Waals surface area contributed by atoms with Crippen molar-refractivity contribution >= 4 is 11.9 Å². The van der Waals surface area contributed by atoms with Gasteiger partial charge in [-0.15, -0.1) is 0 Å². The monoisotopic (exact) mass is 246 g/mol. The van der Waals surface area contributed by atoms with Gasteiger partial charge in [-0.25, -0.2) is 0 Å². The third kappa shape index (κ3) is 5.17. The minimum atomic E-state index is 0.192. The number of ketones is 1. The van der Waals surface area contributed by atoms with E-state index >= 15 is 0 Å². The highest BCUT2D eigenvalue weighted by Crippen LogP contribution is 2.18. The third-order valence-corrected chi connectivity index (χ3v) is 2.86. The van der Waals surface area contributed by atoms with E-state index < -0.39 is 0 Å². The standard InChI is InChI=1S/C16H22O2/c1-3-4-5-6-10-15(17)13-12-14-9-7-8-11-16(14)18-2/h7-9,11-13H,3-6,10H2,1-2H3. The van der Waals surface area contributed by atoms with Gasteiger partial charge in [0.15, 0.2) is 5.78 Å². The molecule has 0 amide bonds. The van der Waals surface area contributed by atoms with Crippen molar-refractivity contribution < 1.29 is 9.53 Å². The highest BCUT2D eigenvalue weighted by molar-refractivity contribution is 5.93. The first-order valence-corrected chi connectivity index (χ1v) is 6.62. The molecule has 0 aliphatic heterocycles. The maximum Gasteiger partial charge on any atom is 0.155 e. The molecule has 0 N–H and O–H groups in total. The van der Waals surface area contributed by atoms with Crippen molar-refractivity contribution in [3.63, 3.8) is 0 Å². The van der Waals surface area contributed by atoms with Crippen LogP contribution in [-0.4, -0.2) is 12.9 Å². The molecule has 2 nitrogen and oxygen atoms in total. The fraction of sp³-hybridized carbons (Fsp3) is 0.438. The average Bonchev–Trinajstić information content (AvgIpc) is 2.41. The normalized spacial score (nSPS) is 10.8. The highest BCUT2D eigenvalue weighted by atomic mass is 16.5. The van der Waals surface area contributed by atoms with E-state index in [2.05, 4.69) is 6.92 Å². The Hall–Kier alpha value is -1.57. The Morgan fingerprint density at radius 1 is 1.22 bits per heavy atom. The summed E-state index contributed by atoms with van der Waals surface area (Å²) in [6.07, 6.45) is 8.68. The van der Waals surface area contributed by atoms with E-state index in [1.165, 1.54) is 12.8 Å². The smallest absolute Gasteiger partial charge is 0.155 e. The molecule has 1 aromatic carbocycles. The number of para-hydroxylation sites is 1. The quantitative estimate of drug-likeness (QED) is 0.506. The van der Waals surface area contributed by atoms with Gasteiger partial charge in [0.25, 0.3) is 0 Å². The maximum absolute atomic E-state index is 11.7. The number of allylic oxidation sites excluding steroid dienone is 1. The number of unbranched alkanes of at least 4 members (excludes halogenated alkanes) is 3. The minimum absolute atomic E-state index is 0.192. The summed E-state index contributed by atoms with van der Waals surface area (Å²) in [6, 6.07) is 7.70. The summed E-state index contributed by atoms with van der Waals surface area (Å²) in [5, 5.41) is 0. The molecule has 0 fully saturated rings. The molecule has 18 heavy (non-hydrogen) atoms. The molecule has 0 heterocycles. The van der Waals surface area contributed by atoms with Gasteiger partial charge in [-0.2, -0.15) is 0 Å². The molecule has 0 radical (unpaired) electrons. The molecule has 0 spiro atoms. The fourth-order valence-electron chi connectivity index (χ4n) is 1.80. The Morgan fingerprint density at radius 2 is 2.00 bits per heavy atom. The lowest BCUT2D eigenvalue weighted by atomic mass is 10.1. The summed E-state index contributed by atoms with van der Waals surface area (Å²) in [4.78, 5) is 11.7. The van der Waals surface area contributed by atoms with Crippen LogP contribution in [-0.2, 0) is 4.79 Å². The van der Waals surface area contributed by atoms with E-state index in [1.54, 1.807) is 13.2 Å². The van der Waals surface area contributed by atoms with Crippen LogP contribution in [0.5, 0.6) is 5.75 Å². The number of benzene rings is 1. The van der Waals surface area contributed by atoms with Gasteiger partial charge < -0.3 is 4.74 Å². The van der Waals surface area contributed by atoms with Crippen LogP contribution in [0.15, 0.2) is 30.3 Å². The Labute approximate surface area is 110 Å². The predicted octanol–water partition coefficient (Wildman–Crippen LogP) is 4.25. The van der Waals surface area contributed by atoms with E-state index in [1.807, 2.05) is 30.3 Å². The Bertz CT molecular complexity index is 394. The van der Waals surface area contributed by atoms with Crippen molar-refractivity contribution in [2.45, 2.75) is 39.0 Å². The summed E-state index contributed by atoms with van der Waals surface area (Å²) in [5.74, 6) is 0.990. The Balaban J connectivity index is 2.45. The second-order valence-corrected chi connectivity index (χ2v) is 4.35. The third-order valence-electron chi connectivity index (χ3n) is 2.86. The van der Waals surface area contributed by atoms with Crippen molar-refractivity contribution in [3.05, 3.63) is 35.9 Å². The van der Waals surface area contributed by atoms with Crippen LogP contribution in [0.3, 0.4) is 0 Å². The second kappa shape index (κ2) is 8.51. The summed E-state index contributed by atoms with van der Waals surface area (Å²) in [6.45, 7) is 2.17. The van der Waals surface area contributed by atoms with Gasteiger partial charge in [0.1, 0.15) is 5.75 Å². The molecule has 0 saturated carbocycles. The number of carbonyl (C=O) groups is 1. The molecule has 1 rings (SSSR count). The van der Waals surface area contributed by atoms with Crippen molar-refractivity contribution in [2.75, 3.05) is 7.11 Å². The lowest BCUT2D eigenvalue weighted by Crippen LogP contribution is -1.92. The number of rotatable bonds is 8. The highest BCUT2D eigenvalue weighted by Gasteiger charge is 1.99. The van der Waals surface area contributed by atoms with Crippen LogP contribution >= 0.6 is 0 Å². The average molecular weight is 246 g/mol. The zero-order valence-electron chi connectivity index (χ0n) is 11.3. The lowest BCUT2D eigenvalue weighted by Gasteiger charge is -2.03. The maximum atomic E-state index is 11.7. The second-order valence-electron chi connectivity index (χ2n) is 4.35. The van der Waals surface area contributed by atoms with E-state index in [-0.39, 0.29) is 5.78 Å². The van der Waals surface area contributed by atoms with E-state index in [4.69, 9.17) is 4.74 Å². The zero-order valence-corrected chi connectivity index (χ0v) is 11.3. The van der Waals surface area contributed by atoms with Gasteiger partial charge >= 0.3 is 0 Å². The van der Waals surface area contributed by atoms with Crippen molar-refractivity contribution in [1.82, 2.24) is 0 Å². The zero-order chi connectivity index (χ0) is 13.2. The molecular formula is C16H22O2. The van der Waals surface area contributed by atoms with Gasteiger partial charge in [-0.3, -0.25) is 4.79 Å². The van der Waals surface area contributed by atoms with E-state index in [9.17, 15) is 4.79 Å². The number of hydrogen-bond acceptors (Lipinski definition) is 2. The van der Waals surface area contributed by atoms with Gasteiger partial charge in [-0.1, -0.05) is 44.4 Å². The molecule has 98 valence electrons. The minimum Gasteiger partial charge on any atom is -0.496 e. The number of methoxy groups -OCH3 is 1.